The Labute approximate surface area is 135 Å². The van der Waals surface area contributed by atoms with E-state index in [1.807, 2.05) is 30.3 Å². The molecule has 120 valence electrons. The van der Waals surface area contributed by atoms with Gasteiger partial charge >= 0.3 is 0 Å². The molecule has 0 aliphatic carbocycles. The Bertz CT molecular complexity index is 644. The Morgan fingerprint density at radius 3 is 2.57 bits per heavy atom. The van der Waals surface area contributed by atoms with Crippen LogP contribution in [-0.4, -0.2) is 44.0 Å². The first-order valence-corrected chi connectivity index (χ1v) is 8.16. The van der Waals surface area contributed by atoms with E-state index in [1.54, 1.807) is 17.1 Å². The van der Waals surface area contributed by atoms with Crippen molar-refractivity contribution < 1.29 is 9.53 Å². The van der Waals surface area contributed by atoms with E-state index in [9.17, 15) is 4.79 Å². The molecule has 2 fully saturated rings. The van der Waals surface area contributed by atoms with Crippen molar-refractivity contribution in [3.63, 3.8) is 0 Å². The topological polar surface area (TPSA) is 60.2 Å². The number of nitrogens with zero attached hydrogens (tertiary/aromatic N) is 4. The highest BCUT2D eigenvalue weighted by Crippen LogP contribution is 2.37. The van der Waals surface area contributed by atoms with Gasteiger partial charge in [0.1, 0.15) is 18.4 Å². The van der Waals surface area contributed by atoms with Gasteiger partial charge in [0.2, 0.25) is 5.91 Å². The molecular weight excluding hydrogens is 292 g/mol. The number of fused-ring (bicyclic) bond motifs is 2. The summed E-state index contributed by atoms with van der Waals surface area (Å²) in [4.78, 5) is 14.6. The van der Waals surface area contributed by atoms with Crippen LogP contribution < -0.4 is 4.74 Å². The van der Waals surface area contributed by atoms with Gasteiger partial charge < -0.3 is 9.64 Å². The molecule has 4 rings (SSSR count). The molecule has 3 heterocycles. The van der Waals surface area contributed by atoms with Crippen molar-refractivity contribution in [1.29, 1.82) is 0 Å². The number of amides is 1. The van der Waals surface area contributed by atoms with Crippen LogP contribution in [0.4, 0.5) is 0 Å². The number of piperidine rings is 1. The van der Waals surface area contributed by atoms with Gasteiger partial charge in [0.05, 0.1) is 6.20 Å². The molecule has 6 nitrogen and oxygen atoms in total. The molecule has 1 aromatic carbocycles. The molecule has 2 unspecified atom stereocenters. The van der Waals surface area contributed by atoms with Crippen LogP contribution in [0.25, 0.3) is 0 Å². The normalized spacial score (nSPS) is 26.3. The van der Waals surface area contributed by atoms with Gasteiger partial charge in [-0.15, -0.1) is 5.10 Å². The monoisotopic (exact) mass is 312 g/mol. The highest BCUT2D eigenvalue weighted by molar-refractivity contribution is 5.77. The second-order valence-electron chi connectivity index (χ2n) is 6.31. The maximum Gasteiger partial charge on any atom is 0.244 e. The summed E-state index contributed by atoms with van der Waals surface area (Å²) >= 11 is 0. The minimum absolute atomic E-state index is 0.140. The smallest absolute Gasteiger partial charge is 0.244 e. The van der Waals surface area contributed by atoms with Gasteiger partial charge in [-0.2, -0.15) is 0 Å². The number of carbonyl (C=O) groups is 1. The van der Waals surface area contributed by atoms with Gasteiger partial charge in [-0.25, -0.2) is 4.68 Å². The molecule has 1 amide bonds. The number of hydrogen-bond acceptors (Lipinski definition) is 4. The van der Waals surface area contributed by atoms with E-state index in [-0.39, 0.29) is 18.6 Å². The first kappa shape index (κ1) is 14.2. The molecule has 1 aromatic heterocycles. The van der Waals surface area contributed by atoms with Crippen molar-refractivity contribution in [2.45, 2.75) is 50.4 Å². The van der Waals surface area contributed by atoms with E-state index in [4.69, 9.17) is 4.74 Å². The molecule has 2 aliphatic rings. The fraction of sp³-hybridized carbons (Fsp3) is 0.471. The Hall–Kier alpha value is -2.37. The summed E-state index contributed by atoms with van der Waals surface area (Å²) in [5.41, 5.74) is 0. The van der Waals surface area contributed by atoms with Gasteiger partial charge in [0.25, 0.3) is 0 Å². The fourth-order valence-electron chi connectivity index (χ4n) is 3.86. The summed E-state index contributed by atoms with van der Waals surface area (Å²) in [5.74, 6) is 1.06. The summed E-state index contributed by atoms with van der Waals surface area (Å²) in [6, 6.07) is 10.5. The minimum atomic E-state index is 0.140. The van der Waals surface area contributed by atoms with Crippen LogP contribution in [-0.2, 0) is 11.3 Å². The lowest BCUT2D eigenvalue weighted by atomic mass is 9.99. The van der Waals surface area contributed by atoms with Crippen LogP contribution in [0.5, 0.6) is 5.75 Å². The van der Waals surface area contributed by atoms with Gasteiger partial charge in [-0.1, -0.05) is 23.4 Å². The molecule has 2 atom stereocenters. The summed E-state index contributed by atoms with van der Waals surface area (Å²) in [7, 11) is 0. The zero-order chi connectivity index (χ0) is 15.6. The van der Waals surface area contributed by atoms with Crippen LogP contribution in [0.15, 0.2) is 42.7 Å². The average Bonchev–Trinajstić information content (AvgIpc) is 3.15. The standard InChI is InChI=1S/C17H20N4O2/c22-17(12-20-9-8-18-19-20)21-13-6-7-14(21)11-16(10-13)23-15-4-2-1-3-5-15/h1-5,8-9,13-14,16H,6-7,10-12H2. The molecule has 6 heteroatoms. The van der Waals surface area contributed by atoms with Crippen LogP contribution >= 0.6 is 0 Å². The van der Waals surface area contributed by atoms with Crippen LogP contribution in [0.3, 0.4) is 0 Å². The average molecular weight is 312 g/mol. The van der Waals surface area contributed by atoms with Crippen molar-refractivity contribution in [3.8, 4) is 5.75 Å². The molecule has 23 heavy (non-hydrogen) atoms. The molecule has 2 bridgehead atoms. The van der Waals surface area contributed by atoms with Crippen LogP contribution in [0.2, 0.25) is 0 Å². The molecule has 0 radical (unpaired) electrons. The first-order valence-electron chi connectivity index (χ1n) is 8.16. The minimum Gasteiger partial charge on any atom is -0.490 e. The molecule has 0 N–H and O–H groups in total. The highest BCUT2D eigenvalue weighted by Gasteiger charge is 2.43. The predicted octanol–water partition coefficient (Wildman–Crippen LogP) is 1.88. The lowest BCUT2D eigenvalue weighted by Crippen LogP contribution is -2.50. The zero-order valence-electron chi connectivity index (χ0n) is 12.9. The number of ether oxygens (including phenoxy) is 1. The SMILES string of the molecule is O=C(Cn1ccnn1)N1C2CCC1CC(Oc1ccccc1)C2. The van der Waals surface area contributed by atoms with Gasteiger partial charge in [-0.05, 0) is 25.0 Å². The first-order chi connectivity index (χ1) is 11.3. The van der Waals surface area contributed by atoms with Gasteiger partial charge in [0, 0.05) is 31.1 Å². The second-order valence-corrected chi connectivity index (χ2v) is 6.31. The van der Waals surface area contributed by atoms with Gasteiger partial charge in [0.15, 0.2) is 0 Å². The summed E-state index contributed by atoms with van der Waals surface area (Å²) in [5, 5.41) is 7.64. The predicted molar refractivity (Wildman–Crippen MR) is 83.8 cm³/mol. The molecule has 2 aliphatic heterocycles. The van der Waals surface area contributed by atoms with E-state index in [0.29, 0.717) is 12.1 Å². The second kappa shape index (κ2) is 6.02. The maximum atomic E-state index is 12.6. The number of carbonyl (C=O) groups excluding carboxylic acids is 1. The Kier molecular flexibility index (Phi) is 3.73. The molecule has 0 saturated carbocycles. The highest BCUT2D eigenvalue weighted by atomic mass is 16.5. The van der Waals surface area contributed by atoms with E-state index < -0.39 is 0 Å². The third kappa shape index (κ3) is 2.93. The summed E-state index contributed by atoms with van der Waals surface area (Å²) in [6.45, 7) is 0.275. The fourth-order valence-corrected chi connectivity index (χ4v) is 3.86. The molecular formula is C17H20N4O2. The van der Waals surface area contributed by atoms with Crippen molar-refractivity contribution in [2.75, 3.05) is 0 Å². The Morgan fingerprint density at radius 1 is 1.17 bits per heavy atom. The van der Waals surface area contributed by atoms with E-state index in [0.717, 1.165) is 31.4 Å². The number of benzene rings is 1. The number of hydrogen-bond donors (Lipinski definition) is 0. The van der Waals surface area contributed by atoms with Crippen LogP contribution in [0.1, 0.15) is 25.7 Å². The van der Waals surface area contributed by atoms with Crippen LogP contribution in [0, 0.1) is 0 Å². The van der Waals surface area contributed by atoms with E-state index >= 15 is 0 Å². The third-order valence-electron chi connectivity index (χ3n) is 4.79. The third-order valence-corrected chi connectivity index (χ3v) is 4.79. The van der Waals surface area contributed by atoms with E-state index in [1.165, 1.54) is 0 Å². The van der Waals surface area contributed by atoms with Crippen molar-refractivity contribution >= 4 is 5.91 Å². The summed E-state index contributed by atoms with van der Waals surface area (Å²) < 4.78 is 7.70. The zero-order valence-corrected chi connectivity index (χ0v) is 12.9. The molecule has 2 aromatic rings. The van der Waals surface area contributed by atoms with E-state index in [2.05, 4.69) is 15.2 Å². The summed E-state index contributed by atoms with van der Waals surface area (Å²) in [6.07, 6.45) is 7.49. The largest absolute Gasteiger partial charge is 0.490 e. The Morgan fingerprint density at radius 2 is 1.91 bits per heavy atom. The van der Waals surface area contributed by atoms with Gasteiger partial charge in [-0.3, -0.25) is 4.79 Å². The lowest BCUT2D eigenvalue weighted by molar-refractivity contribution is -0.137. The number of aromatic nitrogens is 3. The maximum absolute atomic E-state index is 12.6. The lowest BCUT2D eigenvalue weighted by Gasteiger charge is -2.38. The molecule has 0 spiro atoms. The van der Waals surface area contributed by atoms with Crippen molar-refractivity contribution in [2.24, 2.45) is 0 Å². The number of para-hydroxylation sites is 1. The van der Waals surface area contributed by atoms with Crippen molar-refractivity contribution in [1.82, 2.24) is 19.9 Å². The quantitative estimate of drug-likeness (QED) is 0.865. The molecule has 2 saturated heterocycles. The Balaban J connectivity index is 1.41. The number of rotatable bonds is 4. The van der Waals surface area contributed by atoms with Crippen molar-refractivity contribution in [3.05, 3.63) is 42.7 Å².